The summed E-state index contributed by atoms with van der Waals surface area (Å²) in [4.78, 5) is 36.6. The van der Waals surface area contributed by atoms with Crippen LogP contribution in [0.5, 0.6) is 0 Å². The fourth-order valence-electron chi connectivity index (χ4n) is 2.92. The monoisotopic (exact) mass is 502 g/mol. The smallest absolute Gasteiger partial charge is 0.303 e. The van der Waals surface area contributed by atoms with Crippen molar-refractivity contribution in [3.8, 4) is 0 Å². The zero-order valence-corrected chi connectivity index (χ0v) is 19.6. The molecule has 6 nitrogen and oxygen atoms in total. The van der Waals surface area contributed by atoms with Crippen LogP contribution in [0.3, 0.4) is 0 Å². The number of hydrogen-bond donors (Lipinski definition) is 3. The second-order valence-electron chi connectivity index (χ2n) is 6.99. The first kappa shape index (κ1) is 24.6. The number of carboxylic acid groups (broad SMARTS) is 1. The summed E-state index contributed by atoms with van der Waals surface area (Å²) in [6.45, 7) is 0. The molecule has 0 aliphatic carbocycles. The minimum absolute atomic E-state index is 0.121. The Balaban J connectivity index is 1.79. The number of benzene rings is 3. The summed E-state index contributed by atoms with van der Waals surface area (Å²) in [5, 5.41) is 14.5. The van der Waals surface area contributed by atoms with Gasteiger partial charge in [-0.1, -0.05) is 59.6 Å². The first-order chi connectivity index (χ1) is 15.8. The van der Waals surface area contributed by atoms with Crippen molar-refractivity contribution in [3.63, 3.8) is 0 Å². The van der Waals surface area contributed by atoms with Crippen LogP contribution in [0.2, 0.25) is 10.0 Å². The molecule has 0 fully saturated rings. The van der Waals surface area contributed by atoms with Crippen molar-refractivity contribution in [1.82, 2.24) is 0 Å². The van der Waals surface area contributed by atoms with Gasteiger partial charge in [-0.2, -0.15) is 0 Å². The predicted molar refractivity (Wildman–Crippen MR) is 132 cm³/mol. The zero-order chi connectivity index (χ0) is 23.8. The van der Waals surface area contributed by atoms with Crippen LogP contribution in [0.1, 0.15) is 23.7 Å². The molecule has 0 aromatic heterocycles. The SMILES string of the molecule is O=C(O)CCC(=O)Nc1cccc(SC(C(=O)Nc2ccc(Cl)cc2Cl)c2ccccc2)c1. The average molecular weight is 503 g/mol. The molecule has 33 heavy (non-hydrogen) atoms. The van der Waals surface area contributed by atoms with E-state index in [1.807, 2.05) is 36.4 Å². The molecule has 3 aromatic rings. The molecule has 170 valence electrons. The molecule has 0 bridgehead atoms. The topological polar surface area (TPSA) is 95.5 Å². The lowest BCUT2D eigenvalue weighted by molar-refractivity contribution is -0.138. The Morgan fingerprint density at radius 2 is 1.64 bits per heavy atom. The molecule has 1 unspecified atom stereocenters. The van der Waals surface area contributed by atoms with E-state index in [0.717, 1.165) is 10.5 Å². The van der Waals surface area contributed by atoms with Gasteiger partial charge in [0.1, 0.15) is 5.25 Å². The summed E-state index contributed by atoms with van der Waals surface area (Å²) in [7, 11) is 0. The molecule has 0 saturated carbocycles. The average Bonchev–Trinajstić information content (AvgIpc) is 2.79. The van der Waals surface area contributed by atoms with E-state index in [0.29, 0.717) is 21.4 Å². The lowest BCUT2D eigenvalue weighted by atomic mass is 10.1. The molecular weight excluding hydrogens is 483 g/mol. The van der Waals surface area contributed by atoms with Crippen LogP contribution in [0.25, 0.3) is 0 Å². The molecule has 9 heteroatoms. The molecule has 3 N–H and O–H groups in total. The van der Waals surface area contributed by atoms with Crippen LogP contribution < -0.4 is 10.6 Å². The molecule has 1 atom stereocenters. The number of carboxylic acids is 1. The first-order valence-electron chi connectivity index (χ1n) is 9.91. The van der Waals surface area contributed by atoms with Gasteiger partial charge in [-0.15, -0.1) is 11.8 Å². The molecule has 0 radical (unpaired) electrons. The van der Waals surface area contributed by atoms with E-state index >= 15 is 0 Å². The summed E-state index contributed by atoms with van der Waals surface area (Å²) >= 11 is 13.5. The Morgan fingerprint density at radius 3 is 2.33 bits per heavy atom. The Labute approximate surface area is 205 Å². The van der Waals surface area contributed by atoms with Gasteiger partial charge in [-0.05, 0) is 42.0 Å². The maximum absolute atomic E-state index is 13.2. The molecular formula is C24H20Cl2N2O4S. The highest BCUT2D eigenvalue weighted by atomic mass is 35.5. The van der Waals surface area contributed by atoms with E-state index in [2.05, 4.69) is 10.6 Å². The van der Waals surface area contributed by atoms with Gasteiger partial charge in [0, 0.05) is 22.0 Å². The highest BCUT2D eigenvalue weighted by molar-refractivity contribution is 8.00. The maximum atomic E-state index is 13.2. The fourth-order valence-corrected chi connectivity index (χ4v) is 4.46. The molecule has 0 aliphatic rings. The van der Waals surface area contributed by atoms with E-state index in [1.165, 1.54) is 11.8 Å². The molecule has 3 rings (SSSR count). The van der Waals surface area contributed by atoms with Crippen LogP contribution in [0.15, 0.2) is 77.7 Å². The number of anilines is 2. The predicted octanol–water partition coefficient (Wildman–Crippen LogP) is 6.27. The number of rotatable bonds is 9. The third-order valence-electron chi connectivity index (χ3n) is 4.47. The summed E-state index contributed by atoms with van der Waals surface area (Å²) < 4.78 is 0. The van der Waals surface area contributed by atoms with E-state index in [-0.39, 0.29) is 18.7 Å². The number of carbonyl (C=O) groups is 3. The standard InChI is InChI=1S/C24H20Cl2N2O4S/c25-16-9-10-20(19(26)13-16)28-24(32)23(15-5-2-1-3-6-15)33-18-8-4-7-17(14-18)27-21(29)11-12-22(30)31/h1-10,13-14,23H,11-12H2,(H,27,29)(H,28,32)(H,30,31). The normalized spacial score (nSPS) is 11.5. The van der Waals surface area contributed by atoms with Gasteiger partial charge in [0.25, 0.3) is 0 Å². The van der Waals surface area contributed by atoms with E-state index in [4.69, 9.17) is 28.3 Å². The Hall–Kier alpha value is -3.00. The van der Waals surface area contributed by atoms with Crippen molar-refractivity contribution in [3.05, 3.63) is 88.4 Å². The van der Waals surface area contributed by atoms with Crippen molar-refractivity contribution in [2.24, 2.45) is 0 Å². The first-order valence-corrected chi connectivity index (χ1v) is 11.5. The van der Waals surface area contributed by atoms with Gasteiger partial charge in [0.05, 0.1) is 17.1 Å². The Morgan fingerprint density at radius 1 is 0.879 bits per heavy atom. The highest BCUT2D eigenvalue weighted by Crippen LogP contribution is 2.38. The molecule has 2 amide bonds. The minimum atomic E-state index is -1.04. The van der Waals surface area contributed by atoms with Gasteiger partial charge in [0.15, 0.2) is 0 Å². The van der Waals surface area contributed by atoms with Crippen molar-refractivity contribution in [2.75, 3.05) is 10.6 Å². The van der Waals surface area contributed by atoms with Crippen LogP contribution in [-0.2, 0) is 14.4 Å². The van der Waals surface area contributed by atoms with Crippen molar-refractivity contribution >= 4 is 64.1 Å². The number of thioether (sulfide) groups is 1. The second-order valence-corrected chi connectivity index (χ2v) is 9.01. The summed E-state index contributed by atoms with van der Waals surface area (Å²) in [6.07, 6.45) is -0.368. The third kappa shape index (κ3) is 7.53. The largest absolute Gasteiger partial charge is 0.481 e. The summed E-state index contributed by atoms with van der Waals surface area (Å²) in [5.41, 5.74) is 1.76. The van der Waals surface area contributed by atoms with E-state index in [1.54, 1.807) is 36.4 Å². The van der Waals surface area contributed by atoms with Crippen molar-refractivity contribution in [1.29, 1.82) is 0 Å². The van der Waals surface area contributed by atoms with Gasteiger partial charge in [0.2, 0.25) is 11.8 Å². The van der Waals surface area contributed by atoms with Gasteiger partial charge >= 0.3 is 5.97 Å². The number of hydrogen-bond acceptors (Lipinski definition) is 4. The second kappa shape index (κ2) is 11.7. The van der Waals surface area contributed by atoms with E-state index < -0.39 is 17.1 Å². The lowest BCUT2D eigenvalue weighted by Crippen LogP contribution is -2.19. The zero-order valence-electron chi connectivity index (χ0n) is 17.3. The van der Waals surface area contributed by atoms with Gasteiger partial charge in [-0.3, -0.25) is 14.4 Å². The van der Waals surface area contributed by atoms with Crippen LogP contribution in [-0.4, -0.2) is 22.9 Å². The number of aliphatic carboxylic acids is 1. The number of halogens is 2. The molecule has 0 saturated heterocycles. The lowest BCUT2D eigenvalue weighted by Gasteiger charge is -2.18. The summed E-state index contributed by atoms with van der Waals surface area (Å²) in [6, 6.07) is 21.2. The quantitative estimate of drug-likeness (QED) is 0.299. The van der Waals surface area contributed by atoms with Crippen LogP contribution >= 0.6 is 35.0 Å². The Bertz CT molecular complexity index is 1160. The molecule has 0 heterocycles. The maximum Gasteiger partial charge on any atom is 0.303 e. The molecule has 0 spiro atoms. The summed E-state index contributed by atoms with van der Waals surface area (Å²) in [5.74, 6) is -1.70. The highest BCUT2D eigenvalue weighted by Gasteiger charge is 2.23. The molecule has 0 aliphatic heterocycles. The van der Waals surface area contributed by atoms with E-state index in [9.17, 15) is 14.4 Å². The minimum Gasteiger partial charge on any atom is -0.481 e. The molecule has 3 aromatic carbocycles. The fraction of sp³-hybridized carbons (Fsp3) is 0.125. The van der Waals surface area contributed by atoms with Crippen LogP contribution in [0.4, 0.5) is 11.4 Å². The van der Waals surface area contributed by atoms with Crippen molar-refractivity contribution in [2.45, 2.75) is 23.0 Å². The van der Waals surface area contributed by atoms with Crippen LogP contribution in [0, 0.1) is 0 Å². The van der Waals surface area contributed by atoms with Gasteiger partial charge < -0.3 is 15.7 Å². The third-order valence-corrected chi connectivity index (χ3v) is 6.26. The van der Waals surface area contributed by atoms with Gasteiger partial charge in [-0.25, -0.2) is 0 Å². The number of carbonyl (C=O) groups excluding carboxylic acids is 2. The number of amides is 2. The number of nitrogens with one attached hydrogen (secondary N) is 2. The Kier molecular flexibility index (Phi) is 8.77. The van der Waals surface area contributed by atoms with Crippen molar-refractivity contribution < 1.29 is 19.5 Å².